The predicted octanol–water partition coefficient (Wildman–Crippen LogP) is 3.23. The lowest BCUT2D eigenvalue weighted by molar-refractivity contribution is 0.223. The van der Waals surface area contributed by atoms with E-state index in [1.807, 2.05) is 6.07 Å². The van der Waals surface area contributed by atoms with Crippen molar-refractivity contribution >= 4 is 5.71 Å². The molecule has 1 aromatic carbocycles. The van der Waals surface area contributed by atoms with Crippen molar-refractivity contribution in [1.82, 2.24) is 0 Å². The zero-order chi connectivity index (χ0) is 12.8. The van der Waals surface area contributed by atoms with Gasteiger partial charge in [-0.2, -0.15) is 0 Å². The molecule has 96 valence electrons. The molecule has 0 amide bonds. The van der Waals surface area contributed by atoms with Crippen LogP contribution in [-0.4, -0.2) is 16.0 Å². The van der Waals surface area contributed by atoms with E-state index in [0.29, 0.717) is 11.7 Å². The monoisotopic (exact) mass is 245 g/mol. The van der Waals surface area contributed by atoms with Gasteiger partial charge in [0.15, 0.2) is 0 Å². The fraction of sp³-hybridized carbons (Fsp3) is 0.533. The van der Waals surface area contributed by atoms with Crippen LogP contribution in [0, 0.1) is 5.92 Å². The van der Waals surface area contributed by atoms with Gasteiger partial charge in [0.1, 0.15) is 5.75 Å². The number of oxime groups is 1. The summed E-state index contributed by atoms with van der Waals surface area (Å²) < 4.78 is 0. The summed E-state index contributed by atoms with van der Waals surface area (Å²) in [5.41, 5.74) is 3.79. The molecule has 18 heavy (non-hydrogen) atoms. The Labute approximate surface area is 107 Å². The van der Waals surface area contributed by atoms with Crippen LogP contribution in [0.25, 0.3) is 0 Å². The maximum atomic E-state index is 9.60. The largest absolute Gasteiger partial charge is 0.508 e. The van der Waals surface area contributed by atoms with Crippen molar-refractivity contribution in [3.63, 3.8) is 0 Å². The summed E-state index contributed by atoms with van der Waals surface area (Å²) in [5.74, 6) is 0.929. The normalized spacial score (nSPS) is 32.9. The first-order valence-electron chi connectivity index (χ1n) is 6.65. The van der Waals surface area contributed by atoms with Gasteiger partial charge in [-0.25, -0.2) is 0 Å². The number of hydrogen-bond donors (Lipinski definition) is 2. The molecule has 2 aliphatic carbocycles. The Balaban J connectivity index is 2.02. The number of rotatable bonds is 0. The average Bonchev–Trinajstić information content (AvgIpc) is 2.37. The fourth-order valence-electron chi connectivity index (χ4n) is 3.76. The lowest BCUT2D eigenvalue weighted by atomic mass is 9.58. The molecule has 0 spiro atoms. The third-order valence-electron chi connectivity index (χ3n) is 4.92. The zero-order valence-electron chi connectivity index (χ0n) is 10.7. The predicted molar refractivity (Wildman–Crippen MR) is 70.3 cm³/mol. The number of fused-ring (bicyclic) bond motifs is 3. The highest BCUT2D eigenvalue weighted by molar-refractivity contribution is 5.85. The van der Waals surface area contributed by atoms with E-state index in [0.717, 1.165) is 37.8 Å². The van der Waals surface area contributed by atoms with E-state index in [9.17, 15) is 5.11 Å². The van der Waals surface area contributed by atoms with Gasteiger partial charge < -0.3 is 10.3 Å². The molecule has 0 unspecified atom stereocenters. The average molecular weight is 245 g/mol. The van der Waals surface area contributed by atoms with E-state index in [1.54, 1.807) is 6.07 Å². The Kier molecular flexibility index (Phi) is 2.58. The van der Waals surface area contributed by atoms with Crippen LogP contribution in [0.2, 0.25) is 0 Å². The Morgan fingerprint density at radius 3 is 2.94 bits per heavy atom. The first-order chi connectivity index (χ1) is 8.63. The van der Waals surface area contributed by atoms with Gasteiger partial charge in [-0.1, -0.05) is 18.1 Å². The van der Waals surface area contributed by atoms with Crippen LogP contribution in [0.5, 0.6) is 5.75 Å². The van der Waals surface area contributed by atoms with Crippen LogP contribution in [0.3, 0.4) is 0 Å². The van der Waals surface area contributed by atoms with Crippen molar-refractivity contribution < 1.29 is 10.3 Å². The van der Waals surface area contributed by atoms with E-state index >= 15 is 0 Å². The van der Waals surface area contributed by atoms with Gasteiger partial charge in [0.2, 0.25) is 0 Å². The van der Waals surface area contributed by atoms with Crippen LogP contribution in [0.1, 0.15) is 43.7 Å². The highest BCUT2D eigenvalue weighted by Gasteiger charge is 2.43. The molecular weight excluding hydrogens is 226 g/mol. The van der Waals surface area contributed by atoms with E-state index in [-0.39, 0.29) is 5.41 Å². The molecule has 0 aliphatic heterocycles. The number of hydrogen-bond acceptors (Lipinski definition) is 3. The molecule has 0 aromatic heterocycles. The fourth-order valence-corrected chi connectivity index (χ4v) is 3.76. The summed E-state index contributed by atoms with van der Waals surface area (Å²) in [5, 5.41) is 22.0. The number of benzene rings is 1. The quantitative estimate of drug-likeness (QED) is 0.544. The second-order valence-corrected chi connectivity index (χ2v) is 5.86. The van der Waals surface area contributed by atoms with Gasteiger partial charge in [-0.05, 0) is 66.7 Å². The van der Waals surface area contributed by atoms with Gasteiger partial charge in [0.05, 0.1) is 5.71 Å². The van der Waals surface area contributed by atoms with Crippen LogP contribution in [0.4, 0.5) is 0 Å². The van der Waals surface area contributed by atoms with E-state index in [2.05, 4.69) is 18.1 Å². The summed E-state index contributed by atoms with van der Waals surface area (Å²) in [6.45, 7) is 2.32. The smallest absolute Gasteiger partial charge is 0.115 e. The maximum absolute atomic E-state index is 9.60. The summed E-state index contributed by atoms with van der Waals surface area (Å²) in [6.07, 6.45) is 4.96. The lowest BCUT2D eigenvalue weighted by Crippen LogP contribution is -2.41. The molecule has 2 atom stereocenters. The Hall–Kier alpha value is -1.51. The highest BCUT2D eigenvalue weighted by Crippen LogP contribution is 2.49. The molecule has 1 saturated carbocycles. The lowest BCUT2D eigenvalue weighted by Gasteiger charge is -2.46. The summed E-state index contributed by atoms with van der Waals surface area (Å²) in [4.78, 5) is 0. The number of phenols is 1. The third kappa shape index (κ3) is 1.61. The van der Waals surface area contributed by atoms with Crippen molar-refractivity contribution in [1.29, 1.82) is 0 Å². The first-order valence-corrected chi connectivity index (χ1v) is 6.65. The summed E-state index contributed by atoms with van der Waals surface area (Å²) in [7, 11) is 0. The summed E-state index contributed by atoms with van der Waals surface area (Å²) >= 11 is 0. The van der Waals surface area contributed by atoms with Gasteiger partial charge in [0.25, 0.3) is 0 Å². The Bertz CT molecular complexity index is 509. The second-order valence-electron chi connectivity index (χ2n) is 5.86. The third-order valence-corrected chi connectivity index (χ3v) is 4.92. The molecule has 0 bridgehead atoms. The molecule has 2 aliphatic rings. The van der Waals surface area contributed by atoms with Crippen molar-refractivity contribution in [2.45, 2.75) is 44.4 Å². The van der Waals surface area contributed by atoms with Crippen LogP contribution >= 0.6 is 0 Å². The first kappa shape index (κ1) is 11.6. The molecule has 1 aromatic rings. The number of aromatic hydroxyl groups is 1. The second kappa shape index (κ2) is 4.01. The highest BCUT2D eigenvalue weighted by atomic mass is 16.4. The van der Waals surface area contributed by atoms with E-state index < -0.39 is 0 Å². The summed E-state index contributed by atoms with van der Waals surface area (Å²) in [6, 6.07) is 5.78. The van der Waals surface area contributed by atoms with E-state index in [4.69, 9.17) is 5.21 Å². The SMILES string of the molecule is C[C@@]12CC/C(=N\O)C[C@@H]1CCc1cc(O)ccc12. The van der Waals surface area contributed by atoms with Crippen molar-refractivity contribution in [3.8, 4) is 5.75 Å². The van der Waals surface area contributed by atoms with Gasteiger partial charge in [0, 0.05) is 0 Å². The van der Waals surface area contributed by atoms with Gasteiger partial charge in [-0.15, -0.1) is 0 Å². The minimum absolute atomic E-state index is 0.176. The molecule has 0 radical (unpaired) electrons. The van der Waals surface area contributed by atoms with Crippen LogP contribution in [0.15, 0.2) is 23.4 Å². The number of aryl methyl sites for hydroxylation is 1. The maximum Gasteiger partial charge on any atom is 0.115 e. The number of nitrogens with zero attached hydrogens (tertiary/aromatic N) is 1. The zero-order valence-corrected chi connectivity index (χ0v) is 10.7. The molecule has 3 nitrogen and oxygen atoms in total. The minimum atomic E-state index is 0.176. The molecule has 0 heterocycles. The topological polar surface area (TPSA) is 52.8 Å². The molecule has 1 fully saturated rings. The minimum Gasteiger partial charge on any atom is -0.508 e. The molecule has 3 heteroatoms. The molecular formula is C15H19NO2. The van der Waals surface area contributed by atoms with Crippen molar-refractivity contribution in [2.24, 2.45) is 11.1 Å². The van der Waals surface area contributed by atoms with Crippen molar-refractivity contribution in [2.75, 3.05) is 0 Å². The molecule has 3 rings (SSSR count). The number of phenolic OH excluding ortho intramolecular Hbond substituents is 1. The standard InChI is InChI=1S/C15H19NO2/c1-15-7-6-12(16-18)9-11(15)3-2-10-8-13(17)4-5-14(10)15/h4-5,8,11,17-18H,2-3,6-7,9H2,1H3/b16-12+/t11-,15+/m0/s1. The van der Waals surface area contributed by atoms with Crippen molar-refractivity contribution in [3.05, 3.63) is 29.3 Å². The van der Waals surface area contributed by atoms with Gasteiger partial charge in [-0.3, -0.25) is 0 Å². The Morgan fingerprint density at radius 1 is 1.33 bits per heavy atom. The Morgan fingerprint density at radius 2 is 2.17 bits per heavy atom. The van der Waals surface area contributed by atoms with Gasteiger partial charge >= 0.3 is 0 Å². The molecule has 0 saturated heterocycles. The van der Waals surface area contributed by atoms with E-state index in [1.165, 1.54) is 11.1 Å². The van der Waals surface area contributed by atoms with Crippen LogP contribution in [-0.2, 0) is 11.8 Å². The molecule has 2 N–H and O–H groups in total. The van der Waals surface area contributed by atoms with Crippen LogP contribution < -0.4 is 0 Å².